The Bertz CT molecular complexity index is 544. The van der Waals surface area contributed by atoms with Crippen molar-refractivity contribution in [3.05, 3.63) is 48.6 Å². The molecule has 6 heteroatoms. The van der Waals surface area contributed by atoms with Gasteiger partial charge in [0.15, 0.2) is 0 Å². The van der Waals surface area contributed by atoms with Crippen LogP contribution in [0.3, 0.4) is 0 Å². The summed E-state index contributed by atoms with van der Waals surface area (Å²) >= 11 is 0. The van der Waals surface area contributed by atoms with Crippen molar-refractivity contribution >= 4 is 10.0 Å². The minimum absolute atomic E-state index is 0.00995. The van der Waals surface area contributed by atoms with Gasteiger partial charge >= 0.3 is 0 Å². The van der Waals surface area contributed by atoms with Crippen LogP contribution in [0.15, 0.2) is 43.0 Å². The van der Waals surface area contributed by atoms with E-state index in [1.54, 1.807) is 6.08 Å². The molecule has 1 aromatic carbocycles. The van der Waals surface area contributed by atoms with E-state index in [1.165, 1.54) is 4.31 Å². The first-order chi connectivity index (χ1) is 10.1. The summed E-state index contributed by atoms with van der Waals surface area (Å²) in [5.74, 6) is 0.00995. The molecule has 0 amide bonds. The van der Waals surface area contributed by atoms with E-state index in [0.29, 0.717) is 26.3 Å². The van der Waals surface area contributed by atoms with Crippen LogP contribution in [-0.2, 0) is 26.1 Å². The van der Waals surface area contributed by atoms with Crippen molar-refractivity contribution in [2.75, 3.05) is 32.1 Å². The van der Waals surface area contributed by atoms with Crippen molar-refractivity contribution in [2.45, 2.75) is 12.7 Å². The topological polar surface area (TPSA) is 55.8 Å². The van der Waals surface area contributed by atoms with E-state index >= 15 is 0 Å². The second-order valence-electron chi connectivity index (χ2n) is 4.92. The lowest BCUT2D eigenvalue weighted by Gasteiger charge is -2.21. The number of nitrogens with zero attached hydrogens (tertiary/aromatic N) is 1. The van der Waals surface area contributed by atoms with Gasteiger partial charge in [0, 0.05) is 13.1 Å². The molecule has 1 aliphatic heterocycles. The highest BCUT2D eigenvalue weighted by Crippen LogP contribution is 2.12. The SMILES string of the molecule is C=CCN1CC(COCc2ccccc2)OCCS1(=O)=O. The summed E-state index contributed by atoms with van der Waals surface area (Å²) in [7, 11) is -3.25. The first-order valence-electron chi connectivity index (χ1n) is 6.94. The molecule has 2 rings (SSSR count). The predicted octanol–water partition coefficient (Wildman–Crippen LogP) is 1.42. The number of hydrogen-bond donors (Lipinski definition) is 0. The van der Waals surface area contributed by atoms with Gasteiger partial charge in [0.1, 0.15) is 0 Å². The largest absolute Gasteiger partial charge is 0.374 e. The molecular formula is C15H21NO4S. The molecule has 0 bridgehead atoms. The highest BCUT2D eigenvalue weighted by molar-refractivity contribution is 7.89. The average molecular weight is 311 g/mol. The van der Waals surface area contributed by atoms with E-state index in [-0.39, 0.29) is 18.5 Å². The smallest absolute Gasteiger partial charge is 0.216 e. The molecule has 0 saturated carbocycles. The monoisotopic (exact) mass is 311 g/mol. The van der Waals surface area contributed by atoms with Crippen molar-refractivity contribution < 1.29 is 17.9 Å². The van der Waals surface area contributed by atoms with E-state index < -0.39 is 10.0 Å². The number of hydrogen-bond acceptors (Lipinski definition) is 4. The van der Waals surface area contributed by atoms with E-state index in [0.717, 1.165) is 5.56 Å². The van der Waals surface area contributed by atoms with Crippen LogP contribution in [0.4, 0.5) is 0 Å². The van der Waals surface area contributed by atoms with Crippen LogP contribution in [-0.4, -0.2) is 50.9 Å². The lowest BCUT2D eigenvalue weighted by Crippen LogP contribution is -2.38. The Balaban J connectivity index is 1.86. The zero-order valence-electron chi connectivity index (χ0n) is 12.0. The summed E-state index contributed by atoms with van der Waals surface area (Å²) in [5.41, 5.74) is 1.08. The lowest BCUT2D eigenvalue weighted by molar-refractivity contribution is -0.0181. The Morgan fingerprint density at radius 1 is 1.38 bits per heavy atom. The zero-order chi connectivity index (χ0) is 15.1. The van der Waals surface area contributed by atoms with Crippen LogP contribution < -0.4 is 0 Å². The fraction of sp³-hybridized carbons (Fsp3) is 0.467. The van der Waals surface area contributed by atoms with Gasteiger partial charge in [-0.15, -0.1) is 6.58 Å². The van der Waals surface area contributed by atoms with Crippen molar-refractivity contribution in [1.82, 2.24) is 4.31 Å². The molecule has 0 spiro atoms. The van der Waals surface area contributed by atoms with Crippen LogP contribution in [0.1, 0.15) is 5.56 Å². The van der Waals surface area contributed by atoms with Gasteiger partial charge < -0.3 is 9.47 Å². The summed E-state index contributed by atoms with van der Waals surface area (Å²) in [6.07, 6.45) is 1.34. The Labute approximate surface area is 126 Å². The third-order valence-corrected chi connectivity index (χ3v) is 5.01. The van der Waals surface area contributed by atoms with Crippen LogP contribution in [0, 0.1) is 0 Å². The summed E-state index contributed by atoms with van der Waals surface area (Å²) in [6, 6.07) is 9.85. The minimum Gasteiger partial charge on any atom is -0.374 e. The van der Waals surface area contributed by atoms with Crippen molar-refractivity contribution in [3.63, 3.8) is 0 Å². The number of sulfonamides is 1. The second-order valence-corrected chi connectivity index (χ2v) is 7.00. The molecule has 1 aliphatic rings. The van der Waals surface area contributed by atoms with Crippen LogP contribution in [0.2, 0.25) is 0 Å². The van der Waals surface area contributed by atoms with Gasteiger partial charge in [-0.3, -0.25) is 0 Å². The fourth-order valence-corrected chi connectivity index (χ4v) is 3.45. The maximum atomic E-state index is 12.0. The highest BCUT2D eigenvalue weighted by Gasteiger charge is 2.28. The van der Waals surface area contributed by atoms with E-state index in [1.807, 2.05) is 30.3 Å². The van der Waals surface area contributed by atoms with E-state index in [9.17, 15) is 8.42 Å². The van der Waals surface area contributed by atoms with Gasteiger partial charge in [0.05, 0.1) is 31.7 Å². The van der Waals surface area contributed by atoms with Gasteiger partial charge in [-0.2, -0.15) is 4.31 Å². The molecule has 21 heavy (non-hydrogen) atoms. The van der Waals surface area contributed by atoms with Crippen LogP contribution in [0.5, 0.6) is 0 Å². The quantitative estimate of drug-likeness (QED) is 0.746. The standard InChI is InChI=1S/C15H21NO4S/c1-2-8-16-11-15(20-9-10-21(16,17)18)13-19-12-14-6-4-3-5-7-14/h2-7,15H,1,8-13H2. The van der Waals surface area contributed by atoms with Crippen molar-refractivity contribution in [1.29, 1.82) is 0 Å². The average Bonchev–Trinajstić information content (AvgIpc) is 2.60. The molecule has 116 valence electrons. The third-order valence-electron chi connectivity index (χ3n) is 3.24. The first-order valence-corrected chi connectivity index (χ1v) is 8.55. The maximum Gasteiger partial charge on any atom is 0.216 e. The Hall–Kier alpha value is -1.21. The maximum absolute atomic E-state index is 12.0. The van der Waals surface area contributed by atoms with Gasteiger partial charge in [-0.1, -0.05) is 36.4 Å². The molecule has 1 fully saturated rings. The molecule has 1 unspecified atom stereocenters. The molecule has 0 radical (unpaired) electrons. The molecule has 1 atom stereocenters. The highest BCUT2D eigenvalue weighted by atomic mass is 32.2. The summed E-state index contributed by atoms with van der Waals surface area (Å²) in [5, 5.41) is 0. The first kappa shape index (κ1) is 16.2. The summed E-state index contributed by atoms with van der Waals surface area (Å²) in [6.45, 7) is 5.29. The van der Waals surface area contributed by atoms with Crippen molar-refractivity contribution in [2.24, 2.45) is 0 Å². The van der Waals surface area contributed by atoms with Gasteiger partial charge in [-0.25, -0.2) is 8.42 Å². The van der Waals surface area contributed by atoms with E-state index in [4.69, 9.17) is 9.47 Å². The predicted molar refractivity (Wildman–Crippen MR) is 81.4 cm³/mol. The number of ether oxygens (including phenoxy) is 2. The molecule has 1 heterocycles. The third kappa shape index (κ3) is 4.93. The molecule has 1 saturated heterocycles. The molecule has 5 nitrogen and oxygen atoms in total. The fourth-order valence-electron chi connectivity index (χ4n) is 2.16. The van der Waals surface area contributed by atoms with Crippen LogP contribution in [0.25, 0.3) is 0 Å². The number of rotatable bonds is 6. The molecular weight excluding hydrogens is 290 g/mol. The molecule has 1 aromatic rings. The Morgan fingerprint density at radius 2 is 2.14 bits per heavy atom. The second kappa shape index (κ2) is 7.70. The van der Waals surface area contributed by atoms with Crippen LogP contribution >= 0.6 is 0 Å². The summed E-state index contributed by atoms with van der Waals surface area (Å²) in [4.78, 5) is 0. The summed E-state index contributed by atoms with van der Waals surface area (Å²) < 4.78 is 36.6. The number of benzene rings is 1. The Morgan fingerprint density at radius 3 is 2.86 bits per heavy atom. The molecule has 0 N–H and O–H groups in total. The Kier molecular flexibility index (Phi) is 5.93. The van der Waals surface area contributed by atoms with Gasteiger partial charge in [0.2, 0.25) is 10.0 Å². The van der Waals surface area contributed by atoms with E-state index in [2.05, 4.69) is 6.58 Å². The molecule has 0 aromatic heterocycles. The minimum atomic E-state index is -3.25. The normalized spacial score (nSPS) is 22.6. The lowest BCUT2D eigenvalue weighted by atomic mass is 10.2. The van der Waals surface area contributed by atoms with Gasteiger partial charge in [-0.05, 0) is 5.56 Å². The molecule has 0 aliphatic carbocycles. The van der Waals surface area contributed by atoms with Gasteiger partial charge in [0.25, 0.3) is 0 Å². The van der Waals surface area contributed by atoms with Crippen molar-refractivity contribution in [3.8, 4) is 0 Å². The zero-order valence-corrected chi connectivity index (χ0v) is 12.8.